The molecule has 0 radical (unpaired) electrons. The molecule has 0 saturated heterocycles. The third kappa shape index (κ3) is 2.82. The van der Waals surface area contributed by atoms with Gasteiger partial charge in [0.2, 0.25) is 5.95 Å². The molecular weight excluding hydrogens is 243 g/mol. The van der Waals surface area contributed by atoms with Crippen molar-refractivity contribution in [1.82, 2.24) is 9.97 Å². The molecular formula is C11H10ClFN4. The number of nitrogens with two attached hydrogens (primary N) is 1. The molecule has 2 aromatic rings. The standard InChI is InChI=1S/C11H10ClFN4/c1-6-2-7(13)4-8(3-6)16-10-9(12)5-15-11(14)17-10/h2-5H,1H3,(H3,14,15,16,17). The molecule has 17 heavy (non-hydrogen) atoms. The maximum absolute atomic E-state index is 13.2. The van der Waals surface area contributed by atoms with Crippen LogP contribution in [0.4, 0.5) is 21.8 Å². The van der Waals surface area contributed by atoms with Crippen LogP contribution in [-0.2, 0) is 0 Å². The zero-order valence-corrected chi connectivity index (χ0v) is 9.79. The molecule has 0 amide bonds. The van der Waals surface area contributed by atoms with Gasteiger partial charge in [0.05, 0.1) is 6.20 Å². The molecule has 0 unspecified atom stereocenters. The first-order valence-corrected chi connectivity index (χ1v) is 5.24. The number of hydrogen-bond donors (Lipinski definition) is 2. The minimum absolute atomic E-state index is 0.102. The van der Waals surface area contributed by atoms with Crippen molar-refractivity contribution in [1.29, 1.82) is 0 Å². The fourth-order valence-corrected chi connectivity index (χ4v) is 1.55. The monoisotopic (exact) mass is 252 g/mol. The molecule has 0 bridgehead atoms. The molecule has 0 aliphatic rings. The van der Waals surface area contributed by atoms with Crippen LogP contribution in [0, 0.1) is 12.7 Å². The van der Waals surface area contributed by atoms with Crippen molar-refractivity contribution in [2.75, 3.05) is 11.1 Å². The van der Waals surface area contributed by atoms with E-state index in [1.54, 1.807) is 13.0 Å². The Bertz CT molecular complexity index is 539. The number of nitrogens with zero attached hydrogens (tertiary/aromatic N) is 2. The predicted molar refractivity (Wildman–Crippen MR) is 65.9 cm³/mol. The lowest BCUT2D eigenvalue weighted by Gasteiger charge is -2.08. The first-order valence-electron chi connectivity index (χ1n) is 4.87. The number of halogens is 2. The lowest BCUT2D eigenvalue weighted by atomic mass is 10.2. The van der Waals surface area contributed by atoms with Gasteiger partial charge in [-0.25, -0.2) is 9.37 Å². The van der Waals surface area contributed by atoms with Gasteiger partial charge in [0, 0.05) is 5.69 Å². The third-order valence-electron chi connectivity index (χ3n) is 2.07. The predicted octanol–water partition coefficient (Wildman–Crippen LogP) is 2.90. The normalized spacial score (nSPS) is 10.3. The second-order valence-electron chi connectivity index (χ2n) is 3.57. The first kappa shape index (κ1) is 11.6. The van der Waals surface area contributed by atoms with Gasteiger partial charge < -0.3 is 11.1 Å². The number of nitrogen functional groups attached to an aromatic ring is 1. The van der Waals surface area contributed by atoms with Gasteiger partial charge in [-0.1, -0.05) is 11.6 Å². The Balaban J connectivity index is 2.34. The van der Waals surface area contributed by atoms with Crippen molar-refractivity contribution >= 4 is 29.1 Å². The summed E-state index contributed by atoms with van der Waals surface area (Å²) in [4.78, 5) is 7.67. The van der Waals surface area contributed by atoms with E-state index in [0.29, 0.717) is 16.5 Å². The summed E-state index contributed by atoms with van der Waals surface area (Å²) in [6.07, 6.45) is 1.39. The van der Waals surface area contributed by atoms with Gasteiger partial charge in [-0.2, -0.15) is 4.98 Å². The lowest BCUT2D eigenvalue weighted by Crippen LogP contribution is -2.00. The van der Waals surface area contributed by atoms with Gasteiger partial charge in [0.25, 0.3) is 0 Å². The number of rotatable bonds is 2. The summed E-state index contributed by atoms with van der Waals surface area (Å²) in [6, 6.07) is 4.56. The second kappa shape index (κ2) is 4.55. The third-order valence-corrected chi connectivity index (χ3v) is 2.34. The van der Waals surface area contributed by atoms with Crippen LogP contribution in [0.25, 0.3) is 0 Å². The van der Waals surface area contributed by atoms with E-state index in [4.69, 9.17) is 17.3 Å². The molecule has 1 aromatic carbocycles. The van der Waals surface area contributed by atoms with Crippen LogP contribution >= 0.6 is 11.6 Å². The van der Waals surface area contributed by atoms with Gasteiger partial charge in [-0.05, 0) is 30.7 Å². The Labute approximate surface area is 103 Å². The quantitative estimate of drug-likeness (QED) is 0.863. The van der Waals surface area contributed by atoms with Crippen LogP contribution in [0.1, 0.15) is 5.56 Å². The highest BCUT2D eigenvalue weighted by atomic mass is 35.5. The highest BCUT2D eigenvalue weighted by Gasteiger charge is 2.05. The zero-order chi connectivity index (χ0) is 12.4. The molecule has 0 aliphatic heterocycles. The average molecular weight is 253 g/mol. The zero-order valence-electron chi connectivity index (χ0n) is 9.04. The van der Waals surface area contributed by atoms with Crippen LogP contribution in [0.15, 0.2) is 24.4 Å². The summed E-state index contributed by atoms with van der Waals surface area (Å²) < 4.78 is 13.2. The number of aromatic nitrogens is 2. The van der Waals surface area contributed by atoms with Gasteiger partial charge in [-0.3, -0.25) is 0 Å². The Morgan fingerprint density at radius 1 is 1.35 bits per heavy atom. The van der Waals surface area contributed by atoms with Crippen LogP contribution < -0.4 is 11.1 Å². The molecule has 0 atom stereocenters. The Hall–Kier alpha value is -1.88. The molecule has 0 saturated carbocycles. The molecule has 3 N–H and O–H groups in total. The number of anilines is 3. The molecule has 2 rings (SSSR count). The first-order chi connectivity index (χ1) is 8.04. The van der Waals surface area contributed by atoms with E-state index in [1.165, 1.54) is 18.3 Å². The fourth-order valence-electron chi connectivity index (χ4n) is 1.41. The van der Waals surface area contributed by atoms with E-state index in [1.807, 2.05) is 0 Å². The van der Waals surface area contributed by atoms with Crippen molar-refractivity contribution in [3.8, 4) is 0 Å². The minimum atomic E-state index is -0.328. The molecule has 1 aromatic heterocycles. The van der Waals surface area contributed by atoms with Crippen LogP contribution in [-0.4, -0.2) is 9.97 Å². The topological polar surface area (TPSA) is 63.8 Å². The molecule has 0 aliphatic carbocycles. The number of aryl methyl sites for hydroxylation is 1. The lowest BCUT2D eigenvalue weighted by molar-refractivity contribution is 0.627. The molecule has 4 nitrogen and oxygen atoms in total. The number of benzene rings is 1. The molecule has 0 spiro atoms. The van der Waals surface area contributed by atoms with Crippen LogP contribution in [0.3, 0.4) is 0 Å². The van der Waals surface area contributed by atoms with Crippen molar-refractivity contribution in [3.05, 3.63) is 40.8 Å². The van der Waals surface area contributed by atoms with Gasteiger partial charge >= 0.3 is 0 Å². The summed E-state index contributed by atoms with van der Waals surface area (Å²) >= 11 is 5.89. The Morgan fingerprint density at radius 3 is 2.82 bits per heavy atom. The van der Waals surface area contributed by atoms with E-state index < -0.39 is 0 Å². The maximum atomic E-state index is 13.2. The molecule has 6 heteroatoms. The molecule has 1 heterocycles. The van der Waals surface area contributed by atoms with E-state index >= 15 is 0 Å². The summed E-state index contributed by atoms with van der Waals surface area (Å²) in [7, 11) is 0. The van der Waals surface area contributed by atoms with E-state index in [9.17, 15) is 4.39 Å². The summed E-state index contributed by atoms with van der Waals surface area (Å²) in [5.41, 5.74) is 6.80. The highest BCUT2D eigenvalue weighted by molar-refractivity contribution is 6.32. The molecule has 88 valence electrons. The fraction of sp³-hybridized carbons (Fsp3) is 0.0909. The smallest absolute Gasteiger partial charge is 0.222 e. The minimum Gasteiger partial charge on any atom is -0.368 e. The van der Waals surface area contributed by atoms with Crippen LogP contribution in [0.2, 0.25) is 5.02 Å². The van der Waals surface area contributed by atoms with E-state index in [0.717, 1.165) is 5.56 Å². The van der Waals surface area contributed by atoms with E-state index in [2.05, 4.69) is 15.3 Å². The average Bonchev–Trinajstić information content (AvgIpc) is 2.22. The van der Waals surface area contributed by atoms with Gasteiger partial charge in [-0.15, -0.1) is 0 Å². The number of nitrogens with one attached hydrogen (secondary N) is 1. The van der Waals surface area contributed by atoms with Gasteiger partial charge in [0.15, 0.2) is 5.82 Å². The summed E-state index contributed by atoms with van der Waals surface area (Å²) in [5.74, 6) is 0.125. The van der Waals surface area contributed by atoms with Crippen LogP contribution in [0.5, 0.6) is 0 Å². The number of hydrogen-bond acceptors (Lipinski definition) is 4. The second-order valence-corrected chi connectivity index (χ2v) is 3.97. The van der Waals surface area contributed by atoms with Crippen molar-refractivity contribution in [2.24, 2.45) is 0 Å². The SMILES string of the molecule is Cc1cc(F)cc(Nc2nc(N)ncc2Cl)c1. The summed E-state index contributed by atoms with van der Waals surface area (Å²) in [6.45, 7) is 1.80. The largest absolute Gasteiger partial charge is 0.368 e. The highest BCUT2D eigenvalue weighted by Crippen LogP contribution is 2.24. The van der Waals surface area contributed by atoms with Crippen molar-refractivity contribution in [3.63, 3.8) is 0 Å². The summed E-state index contributed by atoms with van der Waals surface area (Å²) in [5, 5.41) is 3.21. The van der Waals surface area contributed by atoms with E-state index in [-0.39, 0.29) is 11.8 Å². The molecule has 0 fully saturated rings. The Morgan fingerprint density at radius 2 is 2.12 bits per heavy atom. The van der Waals surface area contributed by atoms with Crippen molar-refractivity contribution < 1.29 is 4.39 Å². The van der Waals surface area contributed by atoms with Crippen molar-refractivity contribution in [2.45, 2.75) is 6.92 Å². The van der Waals surface area contributed by atoms with Gasteiger partial charge in [0.1, 0.15) is 10.8 Å². The Kier molecular flexibility index (Phi) is 3.10. The maximum Gasteiger partial charge on any atom is 0.222 e.